The van der Waals surface area contributed by atoms with Crippen molar-refractivity contribution in [3.05, 3.63) is 0 Å². The second-order valence-electron chi connectivity index (χ2n) is 8.52. The predicted octanol–water partition coefficient (Wildman–Crippen LogP) is 3.72. The van der Waals surface area contributed by atoms with Gasteiger partial charge in [-0.25, -0.2) is 8.42 Å². The molecule has 1 N–H and O–H groups in total. The molecule has 4 nitrogen and oxygen atoms in total. The molecule has 0 aromatic heterocycles. The van der Waals surface area contributed by atoms with Gasteiger partial charge in [0.15, 0.2) is 0 Å². The average Bonchev–Trinajstić information content (AvgIpc) is 2.64. The van der Waals surface area contributed by atoms with Crippen molar-refractivity contribution in [2.45, 2.75) is 147 Å². The molecule has 2 unspecified atom stereocenters. The summed E-state index contributed by atoms with van der Waals surface area (Å²) in [5, 5.41) is 9.25. The molecule has 0 aliphatic heterocycles. The number of aliphatic hydroxyl groups is 1. The molecule has 6 heteroatoms. The number of aliphatic hydroxyl groups excluding tert-OH is 1. The van der Waals surface area contributed by atoms with Crippen LogP contribution in [0, 0.1) is 0 Å². The molecule has 0 fully saturated rings. The third kappa shape index (κ3) is 21.9. The van der Waals surface area contributed by atoms with Crippen LogP contribution in [-0.4, -0.2) is 29.4 Å². The third-order valence-corrected chi connectivity index (χ3v) is 7.03. The van der Waals surface area contributed by atoms with Crippen molar-refractivity contribution in [3.63, 3.8) is 0 Å². The van der Waals surface area contributed by atoms with Crippen molar-refractivity contribution in [1.29, 1.82) is 0 Å². The van der Waals surface area contributed by atoms with Crippen LogP contribution in [0.5, 0.6) is 0 Å². The fraction of sp³-hybridized carbons (Fsp3) is 1.00. The Morgan fingerprint density at radius 3 is 1.38 bits per heavy atom. The van der Waals surface area contributed by atoms with Crippen LogP contribution in [-0.2, 0) is 10.1 Å². The van der Waals surface area contributed by atoms with Crippen molar-refractivity contribution >= 4 is 10.1 Å². The van der Waals surface area contributed by atoms with Gasteiger partial charge in [0, 0.05) is 5.25 Å². The van der Waals surface area contributed by atoms with Crippen molar-refractivity contribution in [3.8, 4) is 0 Å². The van der Waals surface area contributed by atoms with Crippen LogP contribution in [0.3, 0.4) is 0 Å². The molecule has 0 bridgehead atoms. The van der Waals surface area contributed by atoms with Gasteiger partial charge in [-0.3, -0.25) is 0 Å². The van der Waals surface area contributed by atoms with Gasteiger partial charge in [-0.05, 0) is 25.7 Å². The molecule has 0 spiro atoms. The summed E-state index contributed by atoms with van der Waals surface area (Å²) in [7, 11) is -4.21. The summed E-state index contributed by atoms with van der Waals surface area (Å²) in [6, 6.07) is 0. The summed E-state index contributed by atoms with van der Waals surface area (Å²) in [5.74, 6) is 0. The molecule has 0 aliphatic rings. The Labute approximate surface area is 204 Å². The van der Waals surface area contributed by atoms with Gasteiger partial charge in [-0.2, -0.15) is 0 Å². The molecule has 0 saturated heterocycles. The van der Waals surface area contributed by atoms with Gasteiger partial charge in [0.05, 0.1) is 16.2 Å². The van der Waals surface area contributed by atoms with Crippen molar-refractivity contribution in [2.24, 2.45) is 0 Å². The average molecular weight is 443 g/mol. The van der Waals surface area contributed by atoms with E-state index in [4.69, 9.17) is 0 Å². The normalized spacial score (nSPS) is 13.8. The maximum absolute atomic E-state index is 11.5. The van der Waals surface area contributed by atoms with E-state index >= 15 is 0 Å². The van der Waals surface area contributed by atoms with Gasteiger partial charge in [-0.1, -0.05) is 110 Å². The summed E-state index contributed by atoms with van der Waals surface area (Å²) in [6.45, 7) is 4.39. The topological polar surface area (TPSA) is 77.4 Å². The Morgan fingerprint density at radius 1 is 0.621 bits per heavy atom. The molecule has 29 heavy (non-hydrogen) atoms. The molecule has 170 valence electrons. The third-order valence-electron chi connectivity index (χ3n) is 5.74. The summed E-state index contributed by atoms with van der Waals surface area (Å²) >= 11 is 0. The van der Waals surface area contributed by atoms with E-state index in [9.17, 15) is 18.1 Å². The Kier molecular flexibility index (Phi) is 24.4. The molecule has 0 amide bonds. The van der Waals surface area contributed by atoms with Gasteiger partial charge in [0.1, 0.15) is 0 Å². The standard InChI is InChI=1S/C23H48O4S.Na/c1-3-5-7-9-10-11-12-13-15-20-23(28(25,26)27)21-17-16-19-22(24)18-14-8-6-4-2;/h22-24H,3-21H2,1-2H3,(H,25,26,27);/q;+1/p-1. The second kappa shape index (κ2) is 22.1. The smallest absolute Gasteiger partial charge is 0.748 e. The van der Waals surface area contributed by atoms with E-state index in [1.165, 1.54) is 57.8 Å². The maximum Gasteiger partial charge on any atom is 1.00 e. The predicted molar refractivity (Wildman–Crippen MR) is 119 cm³/mol. The molecule has 0 aliphatic carbocycles. The minimum atomic E-state index is -4.21. The van der Waals surface area contributed by atoms with Crippen LogP contribution in [0.15, 0.2) is 0 Å². The molecule has 0 heterocycles. The first-order valence-corrected chi connectivity index (χ1v) is 13.5. The number of hydrogen-bond acceptors (Lipinski definition) is 4. The Bertz CT molecular complexity index is 429. The van der Waals surface area contributed by atoms with E-state index in [0.29, 0.717) is 12.8 Å². The zero-order valence-electron chi connectivity index (χ0n) is 19.7. The summed E-state index contributed by atoms with van der Waals surface area (Å²) in [6.07, 6.45) is 19.1. The van der Waals surface area contributed by atoms with E-state index in [2.05, 4.69) is 13.8 Å². The molecule has 0 rings (SSSR count). The zero-order chi connectivity index (χ0) is 21.1. The van der Waals surface area contributed by atoms with Crippen LogP contribution < -0.4 is 29.6 Å². The number of unbranched alkanes of at least 4 members (excludes halogenated alkanes) is 12. The molecule has 0 saturated carbocycles. The number of hydrogen-bond donors (Lipinski definition) is 1. The van der Waals surface area contributed by atoms with E-state index in [1.54, 1.807) is 0 Å². The summed E-state index contributed by atoms with van der Waals surface area (Å²) in [4.78, 5) is 0. The Balaban J connectivity index is 0. The molecule has 0 aromatic rings. The molecule has 2 atom stereocenters. The number of rotatable bonds is 21. The van der Waals surface area contributed by atoms with Gasteiger partial charge >= 0.3 is 29.6 Å². The van der Waals surface area contributed by atoms with Crippen LogP contribution >= 0.6 is 0 Å². The minimum absolute atomic E-state index is 0. The first-order valence-electron chi connectivity index (χ1n) is 12.0. The Morgan fingerprint density at radius 2 is 0.931 bits per heavy atom. The van der Waals surface area contributed by atoms with Crippen molar-refractivity contribution < 1.29 is 47.6 Å². The maximum atomic E-state index is 11.5. The quantitative estimate of drug-likeness (QED) is 0.167. The van der Waals surface area contributed by atoms with Crippen LogP contribution in [0.4, 0.5) is 0 Å². The molecular formula is C23H47NaO4S. The van der Waals surface area contributed by atoms with E-state index < -0.39 is 15.4 Å². The fourth-order valence-corrected chi connectivity index (χ4v) is 4.73. The largest absolute Gasteiger partial charge is 1.00 e. The fourth-order valence-electron chi connectivity index (χ4n) is 3.82. The van der Waals surface area contributed by atoms with Crippen molar-refractivity contribution in [1.82, 2.24) is 0 Å². The first-order chi connectivity index (χ1) is 13.4. The zero-order valence-corrected chi connectivity index (χ0v) is 22.5. The molecule has 0 radical (unpaired) electrons. The first kappa shape index (κ1) is 32.1. The van der Waals surface area contributed by atoms with Gasteiger partial charge in [-0.15, -0.1) is 0 Å². The van der Waals surface area contributed by atoms with E-state index in [-0.39, 0.29) is 35.7 Å². The monoisotopic (exact) mass is 442 g/mol. The summed E-state index contributed by atoms with van der Waals surface area (Å²) < 4.78 is 34.6. The molecular weight excluding hydrogens is 395 g/mol. The minimum Gasteiger partial charge on any atom is -0.748 e. The van der Waals surface area contributed by atoms with Crippen LogP contribution in [0.25, 0.3) is 0 Å². The van der Waals surface area contributed by atoms with Crippen LogP contribution in [0.2, 0.25) is 0 Å². The SMILES string of the molecule is CCCCCCCCCCCC(CCCCC(O)CCCCCC)S(=O)(=O)[O-].[Na+]. The molecule has 0 aromatic carbocycles. The van der Waals surface area contributed by atoms with E-state index in [1.807, 2.05) is 0 Å². The van der Waals surface area contributed by atoms with Crippen molar-refractivity contribution in [2.75, 3.05) is 0 Å². The van der Waals surface area contributed by atoms with Gasteiger partial charge in [0.2, 0.25) is 0 Å². The summed E-state index contributed by atoms with van der Waals surface area (Å²) in [5.41, 5.74) is 0. The second-order valence-corrected chi connectivity index (χ2v) is 10.2. The Hall–Kier alpha value is 0.870. The van der Waals surface area contributed by atoms with Gasteiger partial charge in [0.25, 0.3) is 0 Å². The van der Waals surface area contributed by atoms with E-state index in [0.717, 1.165) is 51.4 Å². The van der Waals surface area contributed by atoms with Crippen LogP contribution in [0.1, 0.15) is 136 Å². The van der Waals surface area contributed by atoms with Gasteiger partial charge < -0.3 is 9.66 Å².